The first kappa shape index (κ1) is 71.9. The molecular formula is C99H159N3O12. The molecule has 15 nitrogen and oxygen atoms in total. The molecule has 24 atom stereocenters. The number of allylic oxidation sites excluding steroid dienone is 10. The molecule has 0 bridgehead atoms. The Morgan fingerprint density at radius 3 is 1.20 bits per heavy atom. The van der Waals surface area contributed by atoms with Gasteiger partial charge in [0.2, 0.25) is 11.4 Å². The molecule has 9 saturated carbocycles. The predicted octanol–water partition coefficient (Wildman–Crippen LogP) is 24.6. The van der Waals surface area contributed by atoms with Gasteiger partial charge in [0, 0.05) is 74.7 Å². The molecule has 0 aliphatic heterocycles. The van der Waals surface area contributed by atoms with Crippen LogP contribution in [0.3, 0.4) is 0 Å². The summed E-state index contributed by atoms with van der Waals surface area (Å²) in [6, 6.07) is 0. The fourth-order valence-corrected chi connectivity index (χ4v) is 32.2. The Bertz CT molecular complexity index is 4610. The molecule has 0 spiro atoms. The second kappa shape index (κ2) is 26.6. The summed E-state index contributed by atoms with van der Waals surface area (Å²) >= 11 is 0. The standard InChI is InChI=1S/2C33H47NO4.C33H45NO4.10H2/c1-9-29(4)23-10-11-31(6)24(30(23,5)17-20-19-34-38-26(20)29)16-22(35)25-21-18-28(2,3)12-14-33(21,27(36)37-8)15-13-32(25,31)7;2*1-10-29(4)23-11-12-31(6)24(30(23,5)19-21(34-8)26(29)36)17-22(35)25-20-18-28(2,3)13-15-33(20,27(37)38-9)16-14-32(25,31)7;;;;;;;;;;/h16,19,21,23,25H,9-15,17-18H2,1-8H3;17,20,23,25,36H,10-16,18-19H2,1-7,9H3;17,19-20,23,25H,10-16,18H2,1-7,9H3;10*1H/t21?,23-,25?,29-,30-,31+,32+,33-;2*20-,23-,25-,29-,30-,31+,32+,33-;;;;;;;;;;/m000........../s1/i;;;10*1+2T. The number of carbonyl (C=O) groups is 7. The maximum Gasteiger partial charge on any atom is 0.312 e. The molecule has 0 aromatic carbocycles. The zero-order valence-corrected chi connectivity index (χ0v) is 74.2. The number of nitrogens with zero attached hydrogens (tertiary/aromatic N) is 3. The number of methoxy groups -OCH3 is 3. The molecule has 1 aromatic rings. The monoisotopic (exact) mass is 1620 g/mol. The average molecular weight is 1620 g/mol. The van der Waals surface area contributed by atoms with E-state index in [1.165, 1.54) is 38.0 Å². The Labute approximate surface area is 713 Å². The zero-order chi connectivity index (χ0) is 104. The summed E-state index contributed by atoms with van der Waals surface area (Å²) < 4.78 is 122. The van der Waals surface area contributed by atoms with Crippen LogP contribution in [0.15, 0.2) is 68.9 Å². The Hall–Kier alpha value is -6.22. The summed E-state index contributed by atoms with van der Waals surface area (Å²) in [6.45, 7) is 63.4. The van der Waals surface area contributed by atoms with Crippen LogP contribution >= 0.6 is 0 Å². The number of aliphatic hydroxyl groups excluding tert-OH is 1. The van der Waals surface area contributed by atoms with Gasteiger partial charge in [-0.2, -0.15) is 0 Å². The van der Waals surface area contributed by atoms with Gasteiger partial charge in [-0.1, -0.05) is 173 Å². The van der Waals surface area contributed by atoms with E-state index in [9.17, 15) is 38.7 Å². The van der Waals surface area contributed by atoms with Crippen LogP contribution in [0.2, 0.25) is 0 Å². The number of hydrogen-bond acceptors (Lipinski definition) is 13. The highest BCUT2D eigenvalue weighted by Crippen LogP contribution is 2.80. The first-order valence-electron chi connectivity index (χ1n) is 54.4. The molecule has 1 heterocycles. The Morgan fingerprint density at radius 1 is 0.482 bits per heavy atom. The van der Waals surface area contributed by atoms with Gasteiger partial charge in [-0.25, -0.2) is 9.69 Å². The molecule has 15 heteroatoms. The van der Waals surface area contributed by atoms with Gasteiger partial charge in [0.05, 0.1) is 56.9 Å². The maximum atomic E-state index is 14.5. The number of aliphatic hydroxyl groups is 1. The van der Waals surface area contributed by atoms with Crippen LogP contribution in [0.5, 0.6) is 0 Å². The van der Waals surface area contributed by atoms with E-state index < -0.39 is 32.5 Å². The van der Waals surface area contributed by atoms with Gasteiger partial charge in [0.25, 0.3) is 0 Å². The molecule has 15 aliphatic carbocycles. The van der Waals surface area contributed by atoms with Crippen LogP contribution in [0.4, 0.5) is 0 Å². The summed E-state index contributed by atoms with van der Waals surface area (Å²) in [5.41, 5.74) is 0.555. The minimum absolute atomic E-state index is 0.0277. The second-order valence-corrected chi connectivity index (χ2v) is 45.5. The molecule has 114 heavy (non-hydrogen) atoms. The second-order valence-electron chi connectivity index (χ2n) is 45.5. The Kier molecular flexibility index (Phi) is 16.8. The van der Waals surface area contributed by atoms with E-state index in [-0.39, 0.29) is 165 Å². The van der Waals surface area contributed by atoms with Gasteiger partial charge >= 0.3 is 17.9 Å². The molecule has 9 fully saturated rings. The number of aromatic nitrogens is 1. The highest BCUT2D eigenvalue weighted by molar-refractivity contribution is 6.04. The lowest BCUT2D eigenvalue weighted by atomic mass is 9.34. The van der Waals surface area contributed by atoms with E-state index in [0.717, 1.165) is 165 Å². The molecule has 15 aliphatic rings. The SMILES string of the molecule is CC[C@]1(C)c2oncc2C[C@]2(C)C3=CC(=O)C4C5CC(C)(C)CC[C@]5(C(=O)OC)CC[C@@]4(C)[C@]3(C)CC[C@H]21.[3H][3H].[3H][3H].[3H][3H].[3H][3H].[3H][3H].[3H][3H].[3H][3H].[3H][3H].[3H][3H].[3H][3H].[C-]#[N+]C1=C(O)[C@@](C)(CC)[C@@H]2CC[C@]3(C)C(=CC(=O)[C@@H]4[C@@H]5CC(C)(C)CC[C@]5(C(=O)OC)CC[C@]43C)[C@@]2(C)C1.[C-]#[N+]C1=C[C@]2(C)C3=CC(=O)[C@@H]4[C@@H]5CC(C)(C)CC[C@]5(C(=O)OC)CC[C@@]4(C)[C@]3(C)CC[C@H]2[C@](C)(CC)C1=O. The number of Topliss-reactive ketones (excluding diaryl/α,β-unsaturated/α-hetero) is 1. The van der Waals surface area contributed by atoms with E-state index >= 15 is 0 Å². The largest absolute Gasteiger partial charge is 0.523 e. The van der Waals surface area contributed by atoms with Crippen molar-refractivity contribution in [3.63, 3.8) is 0 Å². The van der Waals surface area contributed by atoms with E-state index in [2.05, 4.69) is 159 Å². The van der Waals surface area contributed by atoms with Gasteiger partial charge in [-0.05, 0) is 280 Å². The van der Waals surface area contributed by atoms with Crippen molar-refractivity contribution >= 4 is 41.0 Å². The van der Waals surface area contributed by atoms with E-state index in [4.69, 9.17) is 61.6 Å². The molecule has 1 aromatic heterocycles. The summed E-state index contributed by atoms with van der Waals surface area (Å²) in [5, 5.41) is 15.4. The van der Waals surface area contributed by atoms with Crippen LogP contribution in [0, 0.1) is 158 Å². The van der Waals surface area contributed by atoms with E-state index in [0.29, 0.717) is 24.5 Å². The Morgan fingerprint density at radius 2 is 0.833 bits per heavy atom. The quantitative estimate of drug-likeness (QED) is 0.160. The van der Waals surface area contributed by atoms with Gasteiger partial charge in [-0.3, -0.25) is 28.8 Å². The van der Waals surface area contributed by atoms with Crippen molar-refractivity contribution in [2.24, 2.45) is 145 Å². The molecular weight excluding hydrogens is 1420 g/mol. The van der Waals surface area contributed by atoms with Crippen LogP contribution in [-0.4, -0.2) is 72.6 Å². The number of ketones is 4. The molecule has 642 valence electrons. The topological polar surface area (TPSA) is 202 Å². The maximum absolute atomic E-state index is 14.5. The summed E-state index contributed by atoms with van der Waals surface area (Å²) in [5.74, 6) is 1.45. The zero-order valence-electron chi connectivity index (χ0n) is 94.2. The minimum Gasteiger partial charge on any atom is -0.523 e. The average Bonchev–Trinajstić information content (AvgIpc) is 0.761. The molecule has 1 N–H and O–H groups in total. The number of fused-ring (bicyclic) bond motifs is 22. The molecule has 2 unspecified atom stereocenters. The van der Waals surface area contributed by atoms with Crippen LogP contribution in [-0.2, 0) is 59.6 Å². The highest BCUT2D eigenvalue weighted by atomic mass is 16.5. The number of hydrogen-bond donors (Lipinski definition) is 1. The fourth-order valence-electron chi connectivity index (χ4n) is 32.2. The summed E-state index contributed by atoms with van der Waals surface area (Å²) in [4.78, 5) is 105. The van der Waals surface area contributed by atoms with Crippen molar-refractivity contribution in [2.45, 2.75) is 318 Å². The third-order valence-corrected chi connectivity index (χ3v) is 39.7. The Balaban J connectivity index is 0.000000383. The van der Waals surface area contributed by atoms with E-state index in [1.54, 1.807) is 0 Å². The lowest BCUT2D eigenvalue weighted by Gasteiger charge is -2.69. The van der Waals surface area contributed by atoms with Gasteiger partial charge in [0.1, 0.15) is 11.5 Å². The lowest BCUT2D eigenvalue weighted by molar-refractivity contribution is -0.193. The molecule has 0 radical (unpaired) electrons. The lowest BCUT2D eigenvalue weighted by Crippen LogP contribution is -2.66. The van der Waals surface area contributed by atoms with Crippen molar-refractivity contribution in [3.05, 3.63) is 98.5 Å². The first-order valence-corrected chi connectivity index (χ1v) is 44.4. The first-order chi connectivity index (χ1) is 62.9. The van der Waals surface area contributed by atoms with Crippen LogP contribution in [0.25, 0.3) is 9.69 Å². The van der Waals surface area contributed by atoms with Crippen molar-refractivity contribution in [2.75, 3.05) is 21.3 Å². The van der Waals surface area contributed by atoms with Crippen LogP contribution in [0.1, 0.15) is 347 Å². The van der Waals surface area contributed by atoms with E-state index in [1.807, 2.05) is 31.3 Å². The molecule has 16 rings (SSSR count). The third kappa shape index (κ3) is 10.8. The predicted molar refractivity (Wildman–Crippen MR) is 462 cm³/mol. The van der Waals surface area contributed by atoms with Crippen molar-refractivity contribution < 1.29 is 87.1 Å². The van der Waals surface area contributed by atoms with Gasteiger partial charge < -0.3 is 28.6 Å². The molecule has 0 saturated heterocycles. The summed E-state index contributed by atoms with van der Waals surface area (Å²) in [7, 11) is 4.51. The smallest absolute Gasteiger partial charge is 0.312 e. The normalized spacial score (nSPS) is 48.0. The fraction of sp³-hybridized carbons (Fsp3) is 0.778. The van der Waals surface area contributed by atoms with Crippen LogP contribution < -0.4 is 0 Å². The van der Waals surface area contributed by atoms with Crippen molar-refractivity contribution in [3.8, 4) is 0 Å². The van der Waals surface area contributed by atoms with Crippen molar-refractivity contribution in [1.82, 2.24) is 5.16 Å². The molecule has 0 amide bonds. The number of esters is 3. The summed E-state index contributed by atoms with van der Waals surface area (Å²) in [6.07, 6.45) is 32.3. The number of carbonyl (C=O) groups excluding carboxylic acids is 7. The van der Waals surface area contributed by atoms with Gasteiger partial charge in [0.15, 0.2) is 23.1 Å². The van der Waals surface area contributed by atoms with Crippen molar-refractivity contribution in [1.29, 1.82) is 0 Å². The third-order valence-electron chi connectivity index (χ3n) is 39.7. The highest BCUT2D eigenvalue weighted by Gasteiger charge is 2.76. The van der Waals surface area contributed by atoms with Gasteiger partial charge in [-0.15, -0.1) is 0 Å². The minimum atomic E-state index is -0.619. The number of rotatable bonds is 6. The number of ether oxygens (including phenoxy) is 3.